The largest absolute Gasteiger partial charge is 0.384 e. The van der Waals surface area contributed by atoms with Crippen molar-refractivity contribution in [1.82, 2.24) is 5.32 Å². The van der Waals surface area contributed by atoms with E-state index in [1.54, 1.807) is 7.11 Å². The number of hydrogen-bond donors (Lipinski definition) is 2. The van der Waals surface area contributed by atoms with Crippen molar-refractivity contribution >= 4 is 11.6 Å². The SMILES string of the molecule is COCC(C)CNCC(=O)Nc1ccccc1C. The van der Waals surface area contributed by atoms with Gasteiger partial charge in [0.1, 0.15) is 0 Å². The predicted octanol–water partition coefficient (Wildman–Crippen LogP) is 1.81. The molecule has 18 heavy (non-hydrogen) atoms. The van der Waals surface area contributed by atoms with Gasteiger partial charge in [0.25, 0.3) is 0 Å². The zero-order valence-electron chi connectivity index (χ0n) is 11.3. The van der Waals surface area contributed by atoms with Crippen molar-refractivity contribution in [2.24, 2.45) is 5.92 Å². The van der Waals surface area contributed by atoms with Gasteiger partial charge in [0.2, 0.25) is 5.91 Å². The highest BCUT2D eigenvalue weighted by Crippen LogP contribution is 2.12. The molecule has 0 saturated heterocycles. The van der Waals surface area contributed by atoms with Gasteiger partial charge in [0.15, 0.2) is 0 Å². The lowest BCUT2D eigenvalue weighted by Gasteiger charge is -2.12. The molecule has 1 aromatic carbocycles. The molecular weight excluding hydrogens is 228 g/mol. The van der Waals surface area contributed by atoms with Crippen molar-refractivity contribution in [3.05, 3.63) is 29.8 Å². The Labute approximate surface area is 109 Å². The van der Waals surface area contributed by atoms with E-state index in [4.69, 9.17) is 4.74 Å². The van der Waals surface area contributed by atoms with Crippen LogP contribution in [0.25, 0.3) is 0 Å². The van der Waals surface area contributed by atoms with Crippen LogP contribution in [0.5, 0.6) is 0 Å². The number of aryl methyl sites for hydroxylation is 1. The third-order valence-corrected chi connectivity index (χ3v) is 2.65. The summed E-state index contributed by atoms with van der Waals surface area (Å²) in [7, 11) is 1.68. The molecule has 4 nitrogen and oxygen atoms in total. The van der Waals surface area contributed by atoms with Gasteiger partial charge < -0.3 is 15.4 Å². The molecule has 100 valence electrons. The Kier molecular flexibility index (Phi) is 6.39. The molecule has 1 atom stereocenters. The summed E-state index contributed by atoms with van der Waals surface area (Å²) in [6, 6.07) is 7.75. The standard InChI is InChI=1S/C14H22N2O2/c1-11(10-18-3)8-15-9-14(17)16-13-7-5-4-6-12(13)2/h4-7,11,15H,8-10H2,1-3H3,(H,16,17). The van der Waals surface area contributed by atoms with Crippen molar-refractivity contribution in [2.45, 2.75) is 13.8 Å². The highest BCUT2D eigenvalue weighted by Gasteiger charge is 2.05. The molecule has 1 unspecified atom stereocenters. The lowest BCUT2D eigenvalue weighted by molar-refractivity contribution is -0.115. The minimum Gasteiger partial charge on any atom is -0.384 e. The second kappa shape index (κ2) is 7.84. The highest BCUT2D eigenvalue weighted by molar-refractivity contribution is 5.92. The van der Waals surface area contributed by atoms with Gasteiger partial charge in [-0.25, -0.2) is 0 Å². The average molecular weight is 250 g/mol. The van der Waals surface area contributed by atoms with Crippen LogP contribution in [0.4, 0.5) is 5.69 Å². The Balaban J connectivity index is 2.28. The summed E-state index contributed by atoms with van der Waals surface area (Å²) in [6.07, 6.45) is 0. The average Bonchev–Trinajstić information content (AvgIpc) is 2.32. The molecule has 0 fully saturated rings. The van der Waals surface area contributed by atoms with Gasteiger partial charge in [-0.15, -0.1) is 0 Å². The van der Waals surface area contributed by atoms with Crippen molar-refractivity contribution in [1.29, 1.82) is 0 Å². The van der Waals surface area contributed by atoms with Crippen LogP contribution in [0.3, 0.4) is 0 Å². The van der Waals surface area contributed by atoms with Gasteiger partial charge in [-0.1, -0.05) is 25.1 Å². The molecule has 0 radical (unpaired) electrons. The molecule has 1 amide bonds. The fourth-order valence-electron chi connectivity index (χ4n) is 1.68. The zero-order chi connectivity index (χ0) is 13.4. The van der Waals surface area contributed by atoms with E-state index in [2.05, 4.69) is 17.6 Å². The molecule has 0 aliphatic carbocycles. The first kappa shape index (κ1) is 14.7. The van der Waals surface area contributed by atoms with E-state index in [0.29, 0.717) is 19.1 Å². The van der Waals surface area contributed by atoms with Crippen LogP contribution in [-0.2, 0) is 9.53 Å². The van der Waals surface area contributed by atoms with Gasteiger partial charge >= 0.3 is 0 Å². The number of hydrogen-bond acceptors (Lipinski definition) is 3. The molecule has 2 N–H and O–H groups in total. The van der Waals surface area contributed by atoms with Crippen molar-refractivity contribution in [2.75, 3.05) is 32.1 Å². The van der Waals surface area contributed by atoms with Gasteiger partial charge in [0, 0.05) is 25.9 Å². The number of carbonyl (C=O) groups excluding carboxylic acids is 1. The summed E-state index contributed by atoms with van der Waals surface area (Å²) < 4.78 is 5.03. The van der Waals surface area contributed by atoms with Gasteiger partial charge in [-0.3, -0.25) is 4.79 Å². The summed E-state index contributed by atoms with van der Waals surface area (Å²) in [5.41, 5.74) is 1.94. The molecule has 0 aromatic heterocycles. The molecular formula is C14H22N2O2. The quantitative estimate of drug-likeness (QED) is 0.776. The van der Waals surface area contributed by atoms with Crippen LogP contribution in [-0.4, -0.2) is 32.7 Å². The Bertz CT molecular complexity index is 380. The molecule has 1 aromatic rings. The minimum absolute atomic E-state index is 0.0195. The van der Waals surface area contributed by atoms with Gasteiger partial charge in [-0.2, -0.15) is 0 Å². The molecule has 4 heteroatoms. The molecule has 0 aliphatic heterocycles. The van der Waals surface area contributed by atoms with Crippen LogP contribution in [0, 0.1) is 12.8 Å². The van der Waals surface area contributed by atoms with E-state index in [-0.39, 0.29) is 5.91 Å². The van der Waals surface area contributed by atoms with Crippen LogP contribution >= 0.6 is 0 Å². The molecule has 0 heterocycles. The second-order valence-electron chi connectivity index (χ2n) is 4.55. The third kappa shape index (κ3) is 5.29. The van der Waals surface area contributed by atoms with Crippen LogP contribution in [0.15, 0.2) is 24.3 Å². The summed E-state index contributed by atoms with van der Waals surface area (Å²) in [5.74, 6) is 0.384. The number of amides is 1. The molecule has 0 saturated carbocycles. The normalized spacial score (nSPS) is 12.2. The lowest BCUT2D eigenvalue weighted by atomic mass is 10.2. The number of para-hydroxylation sites is 1. The fourth-order valence-corrected chi connectivity index (χ4v) is 1.68. The molecule has 0 spiro atoms. The highest BCUT2D eigenvalue weighted by atomic mass is 16.5. The number of ether oxygens (including phenoxy) is 1. The first-order chi connectivity index (χ1) is 8.63. The van der Waals surface area contributed by atoms with E-state index >= 15 is 0 Å². The lowest BCUT2D eigenvalue weighted by Crippen LogP contribution is -2.32. The molecule has 0 aliphatic rings. The smallest absolute Gasteiger partial charge is 0.238 e. The fraction of sp³-hybridized carbons (Fsp3) is 0.500. The Hall–Kier alpha value is -1.39. The van der Waals surface area contributed by atoms with E-state index in [1.807, 2.05) is 31.2 Å². The topological polar surface area (TPSA) is 50.4 Å². The minimum atomic E-state index is -0.0195. The van der Waals surface area contributed by atoms with Gasteiger partial charge in [-0.05, 0) is 24.5 Å². The maximum absolute atomic E-state index is 11.7. The predicted molar refractivity (Wildman–Crippen MR) is 73.7 cm³/mol. The summed E-state index contributed by atoms with van der Waals surface area (Å²) in [5, 5.41) is 6.00. The molecule has 0 bridgehead atoms. The number of benzene rings is 1. The number of methoxy groups -OCH3 is 1. The Morgan fingerprint density at radius 3 is 2.78 bits per heavy atom. The van der Waals surface area contributed by atoms with E-state index in [9.17, 15) is 4.79 Å². The summed E-state index contributed by atoms with van der Waals surface area (Å²) in [4.78, 5) is 11.7. The van der Waals surface area contributed by atoms with Gasteiger partial charge in [0.05, 0.1) is 6.54 Å². The summed E-state index contributed by atoms with van der Waals surface area (Å²) >= 11 is 0. The van der Waals surface area contributed by atoms with Crippen LogP contribution in [0.2, 0.25) is 0 Å². The van der Waals surface area contributed by atoms with Crippen LogP contribution in [0.1, 0.15) is 12.5 Å². The first-order valence-electron chi connectivity index (χ1n) is 6.18. The Morgan fingerprint density at radius 1 is 1.39 bits per heavy atom. The van der Waals surface area contributed by atoms with Crippen LogP contribution < -0.4 is 10.6 Å². The van der Waals surface area contributed by atoms with E-state index in [1.165, 1.54) is 0 Å². The van der Waals surface area contributed by atoms with E-state index in [0.717, 1.165) is 17.8 Å². The maximum atomic E-state index is 11.7. The molecule has 1 rings (SSSR count). The van der Waals surface area contributed by atoms with E-state index < -0.39 is 0 Å². The number of rotatable bonds is 7. The van der Waals surface area contributed by atoms with Crippen molar-refractivity contribution in [3.63, 3.8) is 0 Å². The van der Waals surface area contributed by atoms with Crippen molar-refractivity contribution in [3.8, 4) is 0 Å². The first-order valence-corrected chi connectivity index (χ1v) is 6.18. The van der Waals surface area contributed by atoms with Crippen molar-refractivity contribution < 1.29 is 9.53 Å². The third-order valence-electron chi connectivity index (χ3n) is 2.65. The number of nitrogens with one attached hydrogen (secondary N) is 2. The monoisotopic (exact) mass is 250 g/mol. The Morgan fingerprint density at radius 2 is 2.11 bits per heavy atom. The second-order valence-corrected chi connectivity index (χ2v) is 4.55. The number of carbonyl (C=O) groups is 1. The summed E-state index contributed by atoms with van der Waals surface area (Å²) in [6.45, 7) is 5.85. The zero-order valence-corrected chi connectivity index (χ0v) is 11.3. The maximum Gasteiger partial charge on any atom is 0.238 e. The number of anilines is 1.